The summed E-state index contributed by atoms with van der Waals surface area (Å²) in [5, 5.41) is 0. The molecule has 0 spiro atoms. The van der Waals surface area contributed by atoms with E-state index in [9.17, 15) is 13.6 Å². The van der Waals surface area contributed by atoms with Crippen LogP contribution in [-0.4, -0.2) is 66.5 Å². The van der Waals surface area contributed by atoms with Gasteiger partial charge in [-0.1, -0.05) is 12.1 Å². The van der Waals surface area contributed by atoms with Crippen LogP contribution in [-0.2, 0) is 9.53 Å². The van der Waals surface area contributed by atoms with Crippen molar-refractivity contribution in [2.24, 2.45) is 4.99 Å². The number of carbonyl (C=O) groups is 1. The average molecular weight is 446 g/mol. The van der Waals surface area contributed by atoms with Gasteiger partial charge in [-0.3, -0.25) is 4.79 Å². The molecule has 0 saturated carbocycles. The molecular weight excluding hydrogens is 420 g/mol. The third-order valence-corrected chi connectivity index (χ3v) is 6.59. The molecule has 0 bridgehead atoms. The molecule has 0 aliphatic carbocycles. The molecule has 164 valence electrons. The van der Waals surface area contributed by atoms with Crippen LogP contribution in [0.3, 0.4) is 0 Å². The smallest absolute Gasteiger partial charge is 0.232 e. The van der Waals surface area contributed by atoms with Gasteiger partial charge in [-0.15, -0.1) is 11.8 Å². The van der Waals surface area contributed by atoms with Crippen LogP contribution in [0.5, 0.6) is 0 Å². The van der Waals surface area contributed by atoms with Crippen molar-refractivity contribution in [3.05, 3.63) is 65.7 Å². The SMILES string of the molecule is CC1OC(c2ccccc2F)=NC1CSCC(=O)N1CCN(c2ccc(F)cc2)CC1. The molecule has 1 saturated heterocycles. The highest BCUT2D eigenvalue weighted by molar-refractivity contribution is 8.00. The third kappa shape index (κ3) is 5.18. The highest BCUT2D eigenvalue weighted by Gasteiger charge is 2.29. The van der Waals surface area contributed by atoms with Crippen molar-refractivity contribution in [1.82, 2.24) is 4.90 Å². The number of carbonyl (C=O) groups excluding carboxylic acids is 1. The van der Waals surface area contributed by atoms with E-state index in [-0.39, 0.29) is 29.7 Å². The lowest BCUT2D eigenvalue weighted by molar-refractivity contribution is -0.128. The number of piperazine rings is 1. The van der Waals surface area contributed by atoms with Gasteiger partial charge in [0.2, 0.25) is 11.8 Å². The molecule has 2 heterocycles. The van der Waals surface area contributed by atoms with Gasteiger partial charge in [0.1, 0.15) is 17.7 Å². The molecule has 2 aromatic rings. The predicted octanol–water partition coefficient (Wildman–Crippen LogP) is 3.58. The summed E-state index contributed by atoms with van der Waals surface area (Å²) in [6, 6.07) is 12.8. The highest BCUT2D eigenvalue weighted by atomic mass is 32.2. The van der Waals surface area contributed by atoms with Crippen molar-refractivity contribution in [2.75, 3.05) is 42.6 Å². The van der Waals surface area contributed by atoms with Gasteiger partial charge in [-0.25, -0.2) is 13.8 Å². The van der Waals surface area contributed by atoms with E-state index in [0.29, 0.717) is 36.1 Å². The maximum atomic E-state index is 14.0. The van der Waals surface area contributed by atoms with E-state index in [2.05, 4.69) is 9.89 Å². The van der Waals surface area contributed by atoms with E-state index < -0.39 is 0 Å². The monoisotopic (exact) mass is 445 g/mol. The van der Waals surface area contributed by atoms with E-state index in [1.807, 2.05) is 11.8 Å². The van der Waals surface area contributed by atoms with Crippen LogP contribution in [0.2, 0.25) is 0 Å². The Kier molecular flexibility index (Phi) is 6.75. The molecule has 2 atom stereocenters. The van der Waals surface area contributed by atoms with Gasteiger partial charge in [0.15, 0.2) is 0 Å². The van der Waals surface area contributed by atoms with Crippen LogP contribution < -0.4 is 4.90 Å². The van der Waals surface area contributed by atoms with Gasteiger partial charge in [-0.05, 0) is 43.3 Å². The lowest BCUT2D eigenvalue weighted by Gasteiger charge is -2.36. The summed E-state index contributed by atoms with van der Waals surface area (Å²) in [4.78, 5) is 21.2. The maximum absolute atomic E-state index is 14.0. The van der Waals surface area contributed by atoms with Crippen LogP contribution in [0.4, 0.5) is 14.5 Å². The highest BCUT2D eigenvalue weighted by Crippen LogP contribution is 2.23. The summed E-state index contributed by atoms with van der Waals surface area (Å²) in [5.41, 5.74) is 1.35. The second-order valence-electron chi connectivity index (χ2n) is 7.66. The van der Waals surface area contributed by atoms with Gasteiger partial charge < -0.3 is 14.5 Å². The van der Waals surface area contributed by atoms with Crippen molar-refractivity contribution in [2.45, 2.75) is 19.1 Å². The number of anilines is 1. The Labute approximate surface area is 185 Å². The van der Waals surface area contributed by atoms with Crippen LogP contribution in [0.15, 0.2) is 53.5 Å². The van der Waals surface area contributed by atoms with E-state index in [4.69, 9.17) is 4.74 Å². The Morgan fingerprint density at radius 1 is 1.10 bits per heavy atom. The minimum atomic E-state index is -0.350. The number of rotatable bonds is 6. The molecule has 2 aromatic carbocycles. The van der Waals surface area contributed by atoms with Crippen LogP contribution in [0.1, 0.15) is 12.5 Å². The van der Waals surface area contributed by atoms with Gasteiger partial charge in [0.25, 0.3) is 0 Å². The first-order valence-corrected chi connectivity index (χ1v) is 11.5. The number of hydrogen-bond acceptors (Lipinski definition) is 5. The van der Waals surface area contributed by atoms with Crippen molar-refractivity contribution in [3.63, 3.8) is 0 Å². The first kappa shape index (κ1) is 21.6. The Bertz CT molecular complexity index is 946. The predicted molar refractivity (Wildman–Crippen MR) is 120 cm³/mol. The number of ether oxygens (including phenoxy) is 1. The van der Waals surface area contributed by atoms with Crippen LogP contribution in [0, 0.1) is 11.6 Å². The summed E-state index contributed by atoms with van der Waals surface area (Å²) < 4.78 is 32.8. The summed E-state index contributed by atoms with van der Waals surface area (Å²) in [5.74, 6) is 0.858. The molecule has 31 heavy (non-hydrogen) atoms. The molecule has 2 unspecified atom stereocenters. The number of thioether (sulfide) groups is 1. The summed E-state index contributed by atoms with van der Waals surface area (Å²) in [7, 11) is 0. The molecule has 2 aliphatic rings. The Morgan fingerprint density at radius 2 is 1.81 bits per heavy atom. The summed E-state index contributed by atoms with van der Waals surface area (Å²) in [6.07, 6.45) is -0.156. The first-order chi connectivity index (χ1) is 15.0. The van der Waals surface area contributed by atoms with Crippen molar-refractivity contribution in [3.8, 4) is 0 Å². The molecule has 8 heteroatoms. The van der Waals surface area contributed by atoms with E-state index in [0.717, 1.165) is 18.8 Å². The topological polar surface area (TPSA) is 45.1 Å². The molecule has 2 aliphatic heterocycles. The number of halogens is 2. The lowest BCUT2D eigenvalue weighted by Crippen LogP contribution is -2.49. The molecule has 5 nitrogen and oxygen atoms in total. The van der Waals surface area contributed by atoms with E-state index >= 15 is 0 Å². The molecule has 1 amide bonds. The zero-order valence-electron chi connectivity index (χ0n) is 17.3. The number of benzene rings is 2. The first-order valence-electron chi connectivity index (χ1n) is 10.4. The second-order valence-corrected chi connectivity index (χ2v) is 8.69. The number of aliphatic imine (C=N–C) groups is 1. The minimum absolute atomic E-state index is 0.105. The Hall–Kier alpha value is -2.61. The van der Waals surface area contributed by atoms with E-state index in [1.165, 1.54) is 30.0 Å². The molecule has 0 aromatic heterocycles. The fourth-order valence-electron chi connectivity index (χ4n) is 3.71. The number of nitrogens with zero attached hydrogens (tertiary/aromatic N) is 3. The van der Waals surface area contributed by atoms with Gasteiger partial charge in [0.05, 0.1) is 17.4 Å². The lowest BCUT2D eigenvalue weighted by atomic mass is 10.2. The molecule has 0 radical (unpaired) electrons. The number of hydrogen-bond donors (Lipinski definition) is 0. The summed E-state index contributed by atoms with van der Waals surface area (Å²) in [6.45, 7) is 4.67. The zero-order valence-corrected chi connectivity index (χ0v) is 18.2. The Morgan fingerprint density at radius 3 is 2.52 bits per heavy atom. The fraction of sp³-hybridized carbons (Fsp3) is 0.391. The van der Waals surface area contributed by atoms with Crippen LogP contribution in [0.25, 0.3) is 0 Å². The van der Waals surface area contributed by atoms with Gasteiger partial charge in [-0.2, -0.15) is 0 Å². The largest absolute Gasteiger partial charge is 0.472 e. The number of amides is 1. The Balaban J connectivity index is 1.23. The minimum Gasteiger partial charge on any atom is -0.472 e. The molecule has 0 N–H and O–H groups in total. The summed E-state index contributed by atoms with van der Waals surface area (Å²) >= 11 is 1.53. The van der Waals surface area contributed by atoms with Crippen LogP contribution >= 0.6 is 11.8 Å². The third-order valence-electron chi connectivity index (χ3n) is 5.57. The van der Waals surface area contributed by atoms with Crippen molar-refractivity contribution < 1.29 is 18.3 Å². The quantitative estimate of drug-likeness (QED) is 0.682. The zero-order chi connectivity index (χ0) is 21.8. The van der Waals surface area contributed by atoms with Crippen molar-refractivity contribution in [1.29, 1.82) is 0 Å². The fourth-order valence-corrected chi connectivity index (χ4v) is 4.77. The molecule has 4 rings (SSSR count). The maximum Gasteiger partial charge on any atom is 0.232 e. The molecule has 1 fully saturated rings. The van der Waals surface area contributed by atoms with Gasteiger partial charge >= 0.3 is 0 Å². The normalized spacial score (nSPS) is 21.1. The molecular formula is C23H25F2N3O2S. The van der Waals surface area contributed by atoms with E-state index in [1.54, 1.807) is 30.3 Å². The van der Waals surface area contributed by atoms with Crippen molar-refractivity contribution >= 4 is 29.3 Å². The van der Waals surface area contributed by atoms with Gasteiger partial charge in [0, 0.05) is 37.6 Å². The average Bonchev–Trinajstić information content (AvgIpc) is 3.15. The standard InChI is InChI=1S/C23H25F2N3O2S/c1-16-21(26-23(30-16)19-4-2-3-5-20(19)25)14-31-15-22(29)28-12-10-27(11-13-28)18-8-6-17(24)7-9-18/h2-9,16,21H,10-15H2,1H3. The second kappa shape index (κ2) is 9.68.